The van der Waals surface area contributed by atoms with Gasteiger partial charge in [-0.1, -0.05) is 17.7 Å². The highest BCUT2D eigenvalue weighted by Gasteiger charge is 2.53. The van der Waals surface area contributed by atoms with Gasteiger partial charge in [0.25, 0.3) is 10.0 Å². The Morgan fingerprint density at radius 2 is 1.53 bits per heavy atom. The highest BCUT2D eigenvalue weighted by Crippen LogP contribution is 2.61. The molecule has 0 radical (unpaired) electrons. The molecule has 0 aromatic heterocycles. The maximum atomic E-state index is 13.7. The van der Waals surface area contributed by atoms with Crippen LogP contribution in [0.4, 0.5) is 5.69 Å². The minimum Gasteiger partial charge on any atom is -0.353 e. The van der Waals surface area contributed by atoms with E-state index < -0.39 is 10.0 Å². The summed E-state index contributed by atoms with van der Waals surface area (Å²) >= 11 is 6.00. The van der Waals surface area contributed by atoms with E-state index in [1.54, 1.807) is 12.1 Å². The summed E-state index contributed by atoms with van der Waals surface area (Å²) in [5.74, 6) is 2.37. The third-order valence-electron chi connectivity index (χ3n) is 8.82. The zero-order chi connectivity index (χ0) is 25.7. The van der Waals surface area contributed by atoms with Crippen molar-refractivity contribution in [1.29, 1.82) is 0 Å². The first-order valence-electron chi connectivity index (χ1n) is 13.2. The van der Waals surface area contributed by atoms with E-state index in [4.69, 9.17) is 11.6 Å². The number of sulfonamides is 1. The molecule has 0 saturated heterocycles. The van der Waals surface area contributed by atoms with Crippen molar-refractivity contribution in [2.24, 2.45) is 23.2 Å². The number of hydrogen-bond donors (Lipinski definition) is 1. The number of amides is 1. The van der Waals surface area contributed by atoms with E-state index in [2.05, 4.69) is 12.2 Å². The van der Waals surface area contributed by atoms with Crippen LogP contribution in [0, 0.1) is 37.0 Å². The lowest BCUT2D eigenvalue weighted by molar-refractivity contribution is -0.125. The summed E-state index contributed by atoms with van der Waals surface area (Å²) in [5, 5.41) is 3.76. The molecular formula is C29H37ClN2O3S. The lowest BCUT2D eigenvalue weighted by Crippen LogP contribution is -2.56. The third kappa shape index (κ3) is 5.04. The molecule has 6 rings (SSSR count). The fourth-order valence-electron chi connectivity index (χ4n) is 7.59. The van der Waals surface area contributed by atoms with E-state index >= 15 is 0 Å². The highest BCUT2D eigenvalue weighted by atomic mass is 35.5. The number of hydrogen-bond acceptors (Lipinski definition) is 3. The Hall–Kier alpha value is -2.05. The molecule has 0 spiro atoms. The van der Waals surface area contributed by atoms with Crippen LogP contribution in [0.1, 0.15) is 63.0 Å². The van der Waals surface area contributed by atoms with Crippen LogP contribution in [0.2, 0.25) is 5.02 Å². The summed E-state index contributed by atoms with van der Waals surface area (Å²) < 4.78 is 28.7. The Balaban J connectivity index is 1.33. The van der Waals surface area contributed by atoms with Crippen LogP contribution >= 0.6 is 11.6 Å². The van der Waals surface area contributed by atoms with Gasteiger partial charge in [-0.05, 0) is 130 Å². The normalized spacial score (nSPS) is 27.6. The fourth-order valence-corrected chi connectivity index (χ4v) is 9.17. The second-order valence-electron chi connectivity index (χ2n) is 11.7. The lowest BCUT2D eigenvalue weighted by atomic mass is 9.48. The van der Waals surface area contributed by atoms with Crippen LogP contribution in [0.15, 0.2) is 47.4 Å². The Morgan fingerprint density at radius 1 is 1.00 bits per heavy atom. The molecule has 4 aliphatic rings. The predicted octanol–water partition coefficient (Wildman–Crippen LogP) is 6.26. The summed E-state index contributed by atoms with van der Waals surface area (Å²) in [6, 6.07) is 12.0. The van der Waals surface area contributed by atoms with Crippen molar-refractivity contribution < 1.29 is 13.2 Å². The number of halogens is 1. The summed E-state index contributed by atoms with van der Waals surface area (Å²) in [4.78, 5) is 13.3. The maximum absolute atomic E-state index is 13.7. The molecular weight excluding hydrogens is 492 g/mol. The Labute approximate surface area is 220 Å². The number of nitrogens with zero attached hydrogens (tertiary/aromatic N) is 1. The zero-order valence-corrected chi connectivity index (χ0v) is 23.0. The molecule has 36 heavy (non-hydrogen) atoms. The minimum absolute atomic E-state index is 0.0767. The average molecular weight is 529 g/mol. The third-order valence-corrected chi connectivity index (χ3v) is 10.9. The molecule has 7 heteroatoms. The van der Waals surface area contributed by atoms with Gasteiger partial charge >= 0.3 is 0 Å². The molecule has 5 nitrogen and oxygen atoms in total. The van der Waals surface area contributed by atoms with Crippen molar-refractivity contribution in [3.05, 3.63) is 58.6 Å². The van der Waals surface area contributed by atoms with Crippen molar-refractivity contribution >= 4 is 33.2 Å². The molecule has 4 saturated carbocycles. The second-order valence-corrected chi connectivity index (χ2v) is 14.0. The number of carbonyl (C=O) groups excluding carboxylic acids is 1. The van der Waals surface area contributed by atoms with Gasteiger partial charge in [0.2, 0.25) is 5.91 Å². The molecule has 1 unspecified atom stereocenters. The van der Waals surface area contributed by atoms with Crippen molar-refractivity contribution in [2.45, 2.75) is 76.7 Å². The largest absolute Gasteiger partial charge is 0.353 e. The Kier molecular flexibility index (Phi) is 6.88. The van der Waals surface area contributed by atoms with Crippen molar-refractivity contribution in [2.75, 3.05) is 10.8 Å². The molecule has 0 heterocycles. The Morgan fingerprint density at radius 3 is 2.06 bits per heavy atom. The van der Waals surface area contributed by atoms with E-state index in [1.807, 2.05) is 32.0 Å². The van der Waals surface area contributed by atoms with Crippen LogP contribution < -0.4 is 9.62 Å². The molecule has 194 valence electrons. The van der Waals surface area contributed by atoms with E-state index in [9.17, 15) is 13.2 Å². The van der Waals surface area contributed by atoms with Gasteiger partial charge in [0, 0.05) is 24.0 Å². The van der Waals surface area contributed by atoms with Gasteiger partial charge in [0.05, 0.1) is 10.6 Å². The molecule has 4 aliphatic carbocycles. The minimum atomic E-state index is -3.87. The predicted molar refractivity (Wildman–Crippen MR) is 145 cm³/mol. The summed E-state index contributed by atoms with van der Waals surface area (Å²) in [5.41, 5.74) is 2.74. The van der Waals surface area contributed by atoms with Gasteiger partial charge < -0.3 is 5.32 Å². The van der Waals surface area contributed by atoms with Gasteiger partial charge in [0.1, 0.15) is 0 Å². The van der Waals surface area contributed by atoms with E-state index in [0.29, 0.717) is 10.7 Å². The van der Waals surface area contributed by atoms with Gasteiger partial charge in [-0.3, -0.25) is 9.10 Å². The monoisotopic (exact) mass is 528 g/mol. The maximum Gasteiger partial charge on any atom is 0.264 e. The SMILES string of the molecule is Cc1cc(C)cc(N(CCC(=O)NC(C)C23CC4CC(CC(C4)C2)C3)S(=O)(=O)c2ccc(Cl)cc2)c1. The standard InChI is InChI=1S/C29H37ClN2O3S/c1-19-10-20(2)12-26(11-19)32(36(34,35)27-6-4-25(30)5-7-27)9-8-28(33)31-21(3)29-16-22-13-23(17-29)15-24(14-22)18-29/h4-7,10-12,21-24H,8-9,13-18H2,1-3H3,(H,31,33). The molecule has 2 aromatic carbocycles. The van der Waals surface area contributed by atoms with E-state index in [0.717, 1.165) is 28.9 Å². The highest BCUT2D eigenvalue weighted by molar-refractivity contribution is 7.92. The van der Waals surface area contributed by atoms with E-state index in [1.165, 1.54) is 55.0 Å². The van der Waals surface area contributed by atoms with Crippen LogP contribution in [-0.4, -0.2) is 26.9 Å². The number of carbonyl (C=O) groups is 1. The zero-order valence-electron chi connectivity index (χ0n) is 21.5. The van der Waals surface area contributed by atoms with Crippen molar-refractivity contribution in [1.82, 2.24) is 5.32 Å². The quantitative estimate of drug-likeness (QED) is 0.439. The number of anilines is 1. The molecule has 0 aliphatic heterocycles. The smallest absolute Gasteiger partial charge is 0.264 e. The van der Waals surface area contributed by atoms with E-state index in [-0.39, 0.29) is 35.2 Å². The first kappa shape index (κ1) is 25.6. The van der Waals surface area contributed by atoms with Gasteiger partial charge in [-0.25, -0.2) is 8.42 Å². The molecule has 4 fully saturated rings. The first-order valence-corrected chi connectivity index (χ1v) is 15.0. The van der Waals surface area contributed by atoms with Crippen molar-refractivity contribution in [3.63, 3.8) is 0 Å². The Bertz CT molecular complexity index is 1190. The van der Waals surface area contributed by atoms with Gasteiger partial charge in [0.15, 0.2) is 0 Å². The molecule has 2 aromatic rings. The molecule has 1 amide bonds. The number of benzene rings is 2. The molecule has 1 N–H and O–H groups in total. The average Bonchev–Trinajstić information content (AvgIpc) is 2.78. The van der Waals surface area contributed by atoms with Crippen LogP contribution in [0.5, 0.6) is 0 Å². The van der Waals surface area contributed by atoms with Crippen LogP contribution in [-0.2, 0) is 14.8 Å². The summed E-state index contributed by atoms with van der Waals surface area (Å²) in [7, 11) is -3.87. The van der Waals surface area contributed by atoms with Gasteiger partial charge in [-0.2, -0.15) is 0 Å². The lowest BCUT2D eigenvalue weighted by Gasteiger charge is -2.59. The number of nitrogens with one attached hydrogen (secondary N) is 1. The van der Waals surface area contributed by atoms with Crippen LogP contribution in [0.3, 0.4) is 0 Å². The molecule has 1 atom stereocenters. The summed E-state index contributed by atoms with van der Waals surface area (Å²) in [6.45, 7) is 6.14. The van der Waals surface area contributed by atoms with Crippen molar-refractivity contribution in [3.8, 4) is 0 Å². The second kappa shape index (κ2) is 9.68. The van der Waals surface area contributed by atoms with Gasteiger partial charge in [-0.15, -0.1) is 0 Å². The molecule has 4 bridgehead atoms. The number of rotatable bonds is 8. The summed E-state index contributed by atoms with van der Waals surface area (Å²) in [6.07, 6.45) is 7.88. The topological polar surface area (TPSA) is 66.5 Å². The number of aryl methyl sites for hydroxylation is 2. The van der Waals surface area contributed by atoms with Crippen LogP contribution in [0.25, 0.3) is 0 Å². The first-order chi connectivity index (χ1) is 17.0. The fraction of sp³-hybridized carbons (Fsp3) is 0.552.